The molecule has 1 fully saturated rings. The van der Waals surface area contributed by atoms with Gasteiger partial charge < -0.3 is 15.0 Å². The van der Waals surface area contributed by atoms with Gasteiger partial charge >= 0.3 is 0 Å². The number of para-hydroxylation sites is 1. The summed E-state index contributed by atoms with van der Waals surface area (Å²) in [7, 11) is 1.64. The third-order valence-electron chi connectivity index (χ3n) is 4.41. The number of thiazole rings is 1. The zero-order valence-electron chi connectivity index (χ0n) is 13.9. The third-order valence-corrected chi connectivity index (χ3v) is 5.50. The molecule has 4 rings (SSSR count). The third kappa shape index (κ3) is 3.30. The molecule has 0 unspecified atom stereocenters. The Hall–Kier alpha value is -2.60. The summed E-state index contributed by atoms with van der Waals surface area (Å²) in [5.41, 5.74) is 2.06. The first kappa shape index (κ1) is 15.9. The fraction of sp³-hybridized carbons (Fsp3) is 0.263. The van der Waals surface area contributed by atoms with Gasteiger partial charge in [-0.05, 0) is 29.8 Å². The number of nitrogens with one attached hydrogen (secondary N) is 1. The summed E-state index contributed by atoms with van der Waals surface area (Å²) in [6.45, 7) is 1.97. The van der Waals surface area contributed by atoms with Crippen LogP contribution in [0.15, 0.2) is 48.5 Å². The molecule has 1 aromatic heterocycles. The smallest absolute Gasteiger partial charge is 0.226 e. The van der Waals surface area contributed by atoms with Crippen LogP contribution in [0.4, 0.5) is 5.13 Å². The maximum Gasteiger partial charge on any atom is 0.226 e. The van der Waals surface area contributed by atoms with Gasteiger partial charge in [0.25, 0.3) is 0 Å². The molecule has 0 bridgehead atoms. The van der Waals surface area contributed by atoms with Gasteiger partial charge in [0.05, 0.1) is 23.2 Å². The molecular weight excluding hydrogens is 334 g/mol. The van der Waals surface area contributed by atoms with Gasteiger partial charge in [-0.3, -0.25) is 4.79 Å². The maximum absolute atomic E-state index is 12.3. The number of amides is 1. The van der Waals surface area contributed by atoms with Crippen molar-refractivity contribution in [3.05, 3.63) is 54.1 Å². The monoisotopic (exact) mass is 353 g/mol. The lowest BCUT2D eigenvalue weighted by atomic mass is 10.00. The van der Waals surface area contributed by atoms with Gasteiger partial charge in [-0.15, -0.1) is 0 Å². The molecule has 3 aromatic rings. The van der Waals surface area contributed by atoms with Crippen LogP contribution < -0.4 is 15.0 Å². The van der Waals surface area contributed by atoms with Crippen molar-refractivity contribution in [1.29, 1.82) is 0 Å². The lowest BCUT2D eigenvalue weighted by Crippen LogP contribution is -2.53. The highest BCUT2D eigenvalue weighted by atomic mass is 32.1. The highest BCUT2D eigenvalue weighted by Gasteiger charge is 2.34. The molecule has 1 N–H and O–H groups in total. The summed E-state index contributed by atoms with van der Waals surface area (Å²) in [6, 6.07) is 15.9. The van der Waals surface area contributed by atoms with E-state index in [2.05, 4.69) is 21.3 Å². The van der Waals surface area contributed by atoms with Crippen molar-refractivity contribution in [3.8, 4) is 5.75 Å². The van der Waals surface area contributed by atoms with E-state index in [1.165, 1.54) is 4.70 Å². The van der Waals surface area contributed by atoms with Crippen LogP contribution in [-0.2, 0) is 11.3 Å². The summed E-state index contributed by atoms with van der Waals surface area (Å²) in [6.07, 6.45) is 0. The van der Waals surface area contributed by atoms with Crippen molar-refractivity contribution in [1.82, 2.24) is 10.3 Å². The van der Waals surface area contributed by atoms with Crippen molar-refractivity contribution in [3.63, 3.8) is 0 Å². The molecular formula is C19H19N3O2S. The molecule has 1 saturated heterocycles. The number of benzene rings is 2. The van der Waals surface area contributed by atoms with E-state index in [1.807, 2.05) is 42.5 Å². The van der Waals surface area contributed by atoms with Gasteiger partial charge in [0.15, 0.2) is 5.13 Å². The minimum Gasteiger partial charge on any atom is -0.497 e. The second-order valence-corrected chi connectivity index (χ2v) is 7.14. The minimum absolute atomic E-state index is 0.0256. The molecule has 1 aliphatic rings. The largest absolute Gasteiger partial charge is 0.497 e. The Morgan fingerprint density at radius 2 is 2.12 bits per heavy atom. The molecule has 25 heavy (non-hydrogen) atoms. The normalized spacial score (nSPS) is 14.4. The summed E-state index contributed by atoms with van der Waals surface area (Å²) < 4.78 is 6.39. The molecule has 2 aromatic carbocycles. The van der Waals surface area contributed by atoms with Crippen molar-refractivity contribution in [2.24, 2.45) is 5.92 Å². The minimum atomic E-state index is 0.0256. The molecule has 0 saturated carbocycles. The first-order valence-electron chi connectivity index (χ1n) is 8.24. The van der Waals surface area contributed by atoms with Crippen LogP contribution in [0.1, 0.15) is 5.56 Å². The van der Waals surface area contributed by atoms with Gasteiger partial charge in [-0.25, -0.2) is 4.98 Å². The number of nitrogens with zero attached hydrogens (tertiary/aromatic N) is 2. The first-order valence-corrected chi connectivity index (χ1v) is 9.06. The number of ether oxygens (including phenoxy) is 1. The average Bonchev–Trinajstić information content (AvgIpc) is 3.02. The Kier molecular flexibility index (Phi) is 4.28. The van der Waals surface area contributed by atoms with Gasteiger partial charge in [-0.2, -0.15) is 0 Å². The van der Waals surface area contributed by atoms with E-state index in [-0.39, 0.29) is 11.8 Å². The van der Waals surface area contributed by atoms with Crippen LogP contribution in [0.25, 0.3) is 10.2 Å². The second-order valence-electron chi connectivity index (χ2n) is 6.14. The first-order chi connectivity index (χ1) is 12.2. The standard InChI is InChI=1S/C19H19N3O2S/c1-24-15-6-4-5-13(9-15)10-20-18(23)14-11-22(12-14)19-21-16-7-2-3-8-17(16)25-19/h2-9,14H,10-12H2,1H3,(H,20,23). The Morgan fingerprint density at radius 1 is 1.28 bits per heavy atom. The van der Waals surface area contributed by atoms with Crippen molar-refractivity contribution >= 4 is 32.6 Å². The van der Waals surface area contributed by atoms with Crippen LogP contribution in [0, 0.1) is 5.92 Å². The topological polar surface area (TPSA) is 54.5 Å². The molecule has 0 aliphatic carbocycles. The van der Waals surface area contributed by atoms with Crippen molar-refractivity contribution in [2.45, 2.75) is 6.54 Å². The number of hydrogen-bond donors (Lipinski definition) is 1. The van der Waals surface area contributed by atoms with Crippen LogP contribution in [0.2, 0.25) is 0 Å². The number of fused-ring (bicyclic) bond motifs is 1. The van der Waals surface area contributed by atoms with Gasteiger partial charge in [0.2, 0.25) is 5.91 Å². The van der Waals surface area contributed by atoms with Crippen LogP contribution in [-0.4, -0.2) is 31.1 Å². The highest BCUT2D eigenvalue weighted by Crippen LogP contribution is 2.32. The van der Waals surface area contributed by atoms with E-state index in [1.54, 1.807) is 18.4 Å². The van der Waals surface area contributed by atoms with Crippen molar-refractivity contribution < 1.29 is 9.53 Å². The summed E-state index contributed by atoms with van der Waals surface area (Å²) in [5.74, 6) is 0.926. The number of rotatable bonds is 5. The number of hydrogen-bond acceptors (Lipinski definition) is 5. The maximum atomic E-state index is 12.3. The predicted molar refractivity (Wildman–Crippen MR) is 100 cm³/mol. The fourth-order valence-corrected chi connectivity index (χ4v) is 3.90. The summed E-state index contributed by atoms with van der Waals surface area (Å²) >= 11 is 1.68. The van der Waals surface area contributed by atoms with E-state index in [4.69, 9.17) is 4.74 Å². The number of carbonyl (C=O) groups is 1. The average molecular weight is 353 g/mol. The Labute approximate surface area is 150 Å². The molecule has 0 spiro atoms. The van der Waals surface area contributed by atoms with Gasteiger partial charge in [-0.1, -0.05) is 35.6 Å². The predicted octanol–water partition coefficient (Wildman–Crippen LogP) is 3.06. The summed E-state index contributed by atoms with van der Waals surface area (Å²) in [5, 5.41) is 4.01. The number of carbonyl (C=O) groups excluding carboxylic acids is 1. The van der Waals surface area contributed by atoms with E-state index in [9.17, 15) is 4.79 Å². The van der Waals surface area contributed by atoms with E-state index in [0.29, 0.717) is 6.54 Å². The van der Waals surface area contributed by atoms with E-state index in [0.717, 1.165) is 35.1 Å². The van der Waals surface area contributed by atoms with Crippen LogP contribution in [0.3, 0.4) is 0 Å². The molecule has 1 amide bonds. The number of anilines is 1. The van der Waals surface area contributed by atoms with Gasteiger partial charge in [0.1, 0.15) is 5.75 Å². The van der Waals surface area contributed by atoms with Crippen LogP contribution >= 0.6 is 11.3 Å². The van der Waals surface area contributed by atoms with Gasteiger partial charge in [0, 0.05) is 19.6 Å². The van der Waals surface area contributed by atoms with Crippen molar-refractivity contribution in [2.75, 3.05) is 25.1 Å². The Bertz CT molecular complexity index is 869. The quantitative estimate of drug-likeness (QED) is 0.766. The van der Waals surface area contributed by atoms with Crippen LogP contribution in [0.5, 0.6) is 5.75 Å². The summed E-state index contributed by atoms with van der Waals surface area (Å²) in [4.78, 5) is 19.1. The fourth-order valence-electron chi connectivity index (χ4n) is 2.91. The zero-order chi connectivity index (χ0) is 17.2. The lowest BCUT2D eigenvalue weighted by molar-refractivity contribution is -0.125. The molecule has 5 nitrogen and oxygen atoms in total. The molecule has 2 heterocycles. The molecule has 1 aliphatic heterocycles. The number of methoxy groups -OCH3 is 1. The highest BCUT2D eigenvalue weighted by molar-refractivity contribution is 7.22. The lowest BCUT2D eigenvalue weighted by Gasteiger charge is -2.37. The second kappa shape index (κ2) is 6.72. The van der Waals surface area contributed by atoms with E-state index < -0.39 is 0 Å². The molecule has 0 atom stereocenters. The van der Waals surface area contributed by atoms with E-state index >= 15 is 0 Å². The Morgan fingerprint density at radius 3 is 2.92 bits per heavy atom. The molecule has 0 radical (unpaired) electrons. The molecule has 6 heteroatoms. The SMILES string of the molecule is COc1cccc(CNC(=O)C2CN(c3nc4ccccc4s3)C2)c1. The zero-order valence-corrected chi connectivity index (χ0v) is 14.8. The Balaban J connectivity index is 1.31. The number of aromatic nitrogens is 1. The molecule has 128 valence electrons.